The second-order valence-electron chi connectivity index (χ2n) is 5.94. The third kappa shape index (κ3) is 4.38. The van der Waals surface area contributed by atoms with E-state index in [4.69, 9.17) is 17.3 Å². The lowest BCUT2D eigenvalue weighted by atomic mass is 10.2. The van der Waals surface area contributed by atoms with E-state index in [1.54, 1.807) is 4.90 Å². The van der Waals surface area contributed by atoms with Crippen LogP contribution in [0.2, 0.25) is 5.02 Å². The average molecular weight is 360 g/mol. The second-order valence-corrected chi connectivity index (χ2v) is 6.37. The van der Waals surface area contributed by atoms with Crippen molar-refractivity contribution in [3.8, 4) is 0 Å². The van der Waals surface area contributed by atoms with Crippen LogP contribution < -0.4 is 10.6 Å². The van der Waals surface area contributed by atoms with Crippen molar-refractivity contribution in [3.63, 3.8) is 0 Å². The van der Waals surface area contributed by atoms with E-state index in [-0.39, 0.29) is 12.5 Å². The Labute approximate surface area is 151 Å². The maximum atomic E-state index is 13.4. The summed E-state index contributed by atoms with van der Waals surface area (Å²) >= 11 is 5.86. The van der Waals surface area contributed by atoms with Gasteiger partial charge in [-0.05, 0) is 35.9 Å². The van der Waals surface area contributed by atoms with E-state index in [0.29, 0.717) is 36.0 Å². The second kappa shape index (κ2) is 7.68. The van der Waals surface area contributed by atoms with Crippen LogP contribution in [0.25, 0.3) is 6.08 Å². The van der Waals surface area contributed by atoms with Crippen LogP contribution in [0, 0.1) is 5.82 Å². The van der Waals surface area contributed by atoms with Crippen molar-refractivity contribution in [2.75, 3.05) is 36.8 Å². The summed E-state index contributed by atoms with van der Waals surface area (Å²) in [6, 6.07) is 11.6. The quantitative estimate of drug-likeness (QED) is 0.851. The number of carbonyl (C=O) groups excluding carboxylic acids is 1. The number of anilines is 2. The Morgan fingerprint density at radius 3 is 2.64 bits per heavy atom. The molecule has 1 saturated heterocycles. The minimum absolute atomic E-state index is 0.0801. The van der Waals surface area contributed by atoms with Gasteiger partial charge in [-0.1, -0.05) is 35.9 Å². The summed E-state index contributed by atoms with van der Waals surface area (Å²) in [7, 11) is 0. The Balaban J connectivity index is 1.59. The molecular weight excluding hydrogens is 341 g/mol. The summed E-state index contributed by atoms with van der Waals surface area (Å²) in [5.74, 6) is -0.478. The molecule has 0 aromatic heterocycles. The number of rotatable bonds is 4. The van der Waals surface area contributed by atoms with E-state index >= 15 is 0 Å². The third-order valence-corrected chi connectivity index (χ3v) is 4.38. The Hall–Kier alpha value is -2.37. The monoisotopic (exact) mass is 359 g/mol. The lowest BCUT2D eigenvalue weighted by molar-refractivity contribution is -0.121. The molecule has 0 radical (unpaired) electrons. The van der Waals surface area contributed by atoms with Gasteiger partial charge in [0.1, 0.15) is 5.82 Å². The lowest BCUT2D eigenvalue weighted by Gasteiger charge is -2.34. The van der Waals surface area contributed by atoms with Crippen LogP contribution in [0.1, 0.15) is 5.56 Å². The number of amides is 1. The normalized spacial score (nSPS) is 15.9. The standard InChI is InChI=1S/C19H19ClFN3O/c20-15-5-3-14(4-6-15)2-1-9-23-10-11-24(19(25)13-23)18-12-16(21)7-8-17(18)22/h1-8,12H,9-11,13,22H2. The van der Waals surface area contributed by atoms with Crippen LogP contribution in [0.15, 0.2) is 48.5 Å². The van der Waals surface area contributed by atoms with Crippen molar-refractivity contribution in [1.29, 1.82) is 0 Å². The Bertz CT molecular complexity index is 792. The van der Waals surface area contributed by atoms with Gasteiger partial charge in [0.15, 0.2) is 0 Å². The minimum Gasteiger partial charge on any atom is -0.397 e. The molecule has 6 heteroatoms. The molecule has 1 heterocycles. The largest absolute Gasteiger partial charge is 0.397 e. The van der Waals surface area contributed by atoms with Gasteiger partial charge in [-0.3, -0.25) is 9.69 Å². The number of benzene rings is 2. The zero-order valence-electron chi connectivity index (χ0n) is 13.7. The maximum Gasteiger partial charge on any atom is 0.241 e. The van der Waals surface area contributed by atoms with Crippen LogP contribution in [0.4, 0.5) is 15.8 Å². The van der Waals surface area contributed by atoms with Gasteiger partial charge >= 0.3 is 0 Å². The van der Waals surface area contributed by atoms with Gasteiger partial charge in [-0.2, -0.15) is 0 Å². The van der Waals surface area contributed by atoms with Gasteiger partial charge in [-0.25, -0.2) is 4.39 Å². The zero-order valence-corrected chi connectivity index (χ0v) is 14.4. The van der Waals surface area contributed by atoms with Crippen LogP contribution in [-0.2, 0) is 4.79 Å². The summed E-state index contributed by atoms with van der Waals surface area (Å²) < 4.78 is 13.4. The highest BCUT2D eigenvalue weighted by atomic mass is 35.5. The summed E-state index contributed by atoms with van der Waals surface area (Å²) in [6.07, 6.45) is 4.01. The number of nitrogen functional groups attached to an aromatic ring is 1. The molecule has 0 bridgehead atoms. The van der Waals surface area contributed by atoms with E-state index in [2.05, 4.69) is 0 Å². The molecule has 2 N–H and O–H groups in total. The smallest absolute Gasteiger partial charge is 0.241 e. The first-order valence-electron chi connectivity index (χ1n) is 8.03. The molecule has 0 aliphatic carbocycles. The van der Waals surface area contributed by atoms with E-state index < -0.39 is 5.82 Å². The van der Waals surface area contributed by atoms with Gasteiger partial charge in [0.05, 0.1) is 17.9 Å². The molecular formula is C19H19ClFN3O. The third-order valence-electron chi connectivity index (χ3n) is 4.13. The molecule has 1 aliphatic rings. The summed E-state index contributed by atoms with van der Waals surface area (Å²) in [4.78, 5) is 16.0. The van der Waals surface area contributed by atoms with E-state index in [1.807, 2.05) is 41.3 Å². The van der Waals surface area contributed by atoms with Crippen molar-refractivity contribution in [3.05, 3.63) is 64.9 Å². The van der Waals surface area contributed by atoms with Crippen LogP contribution in [0.3, 0.4) is 0 Å². The molecule has 2 aromatic rings. The molecule has 130 valence electrons. The van der Waals surface area contributed by atoms with Crippen molar-refractivity contribution < 1.29 is 9.18 Å². The van der Waals surface area contributed by atoms with Gasteiger partial charge < -0.3 is 10.6 Å². The Morgan fingerprint density at radius 1 is 1.16 bits per heavy atom. The van der Waals surface area contributed by atoms with Gasteiger partial charge in [0.2, 0.25) is 5.91 Å². The highest BCUT2D eigenvalue weighted by Crippen LogP contribution is 2.25. The van der Waals surface area contributed by atoms with Gasteiger partial charge in [0, 0.05) is 24.7 Å². The molecule has 0 spiro atoms. The molecule has 1 amide bonds. The first-order valence-corrected chi connectivity index (χ1v) is 8.40. The van der Waals surface area contributed by atoms with Crippen LogP contribution >= 0.6 is 11.6 Å². The van der Waals surface area contributed by atoms with Crippen molar-refractivity contribution in [2.45, 2.75) is 0 Å². The molecule has 4 nitrogen and oxygen atoms in total. The highest BCUT2D eigenvalue weighted by molar-refractivity contribution is 6.30. The molecule has 0 atom stereocenters. The molecule has 0 saturated carbocycles. The minimum atomic E-state index is -0.398. The molecule has 1 aliphatic heterocycles. The zero-order chi connectivity index (χ0) is 17.8. The first-order chi connectivity index (χ1) is 12.0. The van der Waals surface area contributed by atoms with Crippen molar-refractivity contribution in [1.82, 2.24) is 4.90 Å². The van der Waals surface area contributed by atoms with Crippen molar-refractivity contribution in [2.24, 2.45) is 0 Å². The number of piperazine rings is 1. The SMILES string of the molecule is Nc1ccc(F)cc1N1CCN(CC=Cc2ccc(Cl)cc2)CC1=O. The van der Waals surface area contributed by atoms with Crippen molar-refractivity contribution >= 4 is 35.0 Å². The molecule has 1 fully saturated rings. The highest BCUT2D eigenvalue weighted by Gasteiger charge is 2.25. The number of hydrogen-bond acceptors (Lipinski definition) is 3. The Kier molecular flexibility index (Phi) is 5.36. The molecule has 25 heavy (non-hydrogen) atoms. The van der Waals surface area contributed by atoms with E-state index in [0.717, 1.165) is 5.56 Å². The number of carbonyl (C=O) groups is 1. The first kappa shape index (κ1) is 17.5. The topological polar surface area (TPSA) is 49.6 Å². The summed E-state index contributed by atoms with van der Waals surface area (Å²) in [6.45, 7) is 2.13. The van der Waals surface area contributed by atoms with Gasteiger partial charge in [0.25, 0.3) is 0 Å². The van der Waals surface area contributed by atoms with Crippen LogP contribution in [-0.4, -0.2) is 37.0 Å². The molecule has 0 unspecified atom stereocenters. The maximum absolute atomic E-state index is 13.4. The predicted molar refractivity (Wildman–Crippen MR) is 100 cm³/mol. The fourth-order valence-corrected chi connectivity index (χ4v) is 2.92. The van der Waals surface area contributed by atoms with E-state index in [1.165, 1.54) is 18.2 Å². The number of hydrogen-bond donors (Lipinski definition) is 1. The fourth-order valence-electron chi connectivity index (χ4n) is 2.79. The predicted octanol–water partition coefficient (Wildman–Crippen LogP) is 3.42. The Morgan fingerprint density at radius 2 is 1.92 bits per heavy atom. The van der Waals surface area contributed by atoms with E-state index in [9.17, 15) is 9.18 Å². The van der Waals surface area contributed by atoms with Gasteiger partial charge in [-0.15, -0.1) is 0 Å². The molecule has 2 aromatic carbocycles. The summed E-state index contributed by atoms with van der Waals surface area (Å²) in [5, 5.41) is 0.704. The summed E-state index contributed by atoms with van der Waals surface area (Å²) in [5.41, 5.74) is 7.79. The fraction of sp³-hybridized carbons (Fsp3) is 0.211. The van der Waals surface area contributed by atoms with Crippen LogP contribution in [0.5, 0.6) is 0 Å². The number of halogens is 2. The average Bonchev–Trinajstić information content (AvgIpc) is 2.59. The number of nitrogens with two attached hydrogens (primary N) is 1. The lowest BCUT2D eigenvalue weighted by Crippen LogP contribution is -2.50. The number of nitrogens with zero attached hydrogens (tertiary/aromatic N) is 2. The molecule has 3 rings (SSSR count).